The fourth-order valence-corrected chi connectivity index (χ4v) is 2.25. The highest BCUT2D eigenvalue weighted by Crippen LogP contribution is 2.21. The zero-order valence-corrected chi connectivity index (χ0v) is 10.2. The molecule has 0 unspecified atom stereocenters. The molecule has 1 aromatic rings. The molecule has 0 aromatic heterocycles. The third-order valence-corrected chi connectivity index (χ3v) is 3.47. The molecule has 0 aliphatic carbocycles. The first kappa shape index (κ1) is 11.7. The Kier molecular flexibility index (Phi) is 3.67. The summed E-state index contributed by atoms with van der Waals surface area (Å²) in [6.45, 7) is 2.04. The van der Waals surface area contributed by atoms with Crippen molar-refractivity contribution in [2.75, 3.05) is 13.1 Å². The molecule has 0 amide bonds. The van der Waals surface area contributed by atoms with Gasteiger partial charge in [0, 0.05) is 16.5 Å². The maximum absolute atomic E-state index is 12.2. The Morgan fingerprint density at radius 3 is 2.38 bits per heavy atom. The van der Waals surface area contributed by atoms with Crippen molar-refractivity contribution in [3.8, 4) is 0 Å². The fraction of sp³-hybridized carbons (Fsp3) is 0.417. The highest BCUT2D eigenvalue weighted by atomic mass is 35.5. The number of rotatable bonds is 2. The minimum absolute atomic E-state index is 0.192. The molecule has 2 nitrogen and oxygen atoms in total. The Balaban J connectivity index is 2.05. The highest BCUT2D eigenvalue weighted by Gasteiger charge is 2.23. The van der Waals surface area contributed by atoms with Gasteiger partial charge >= 0.3 is 0 Å². The van der Waals surface area contributed by atoms with Crippen molar-refractivity contribution in [2.45, 2.75) is 12.8 Å². The van der Waals surface area contributed by atoms with Gasteiger partial charge in [0.25, 0.3) is 0 Å². The van der Waals surface area contributed by atoms with Crippen molar-refractivity contribution in [1.82, 2.24) is 4.81 Å². The van der Waals surface area contributed by atoms with Crippen LogP contribution in [-0.4, -0.2) is 31.7 Å². The highest BCUT2D eigenvalue weighted by molar-refractivity contribution is 6.30. The molecule has 2 rings (SSSR count). The van der Waals surface area contributed by atoms with Gasteiger partial charge in [-0.25, -0.2) is 0 Å². The first-order chi connectivity index (χ1) is 7.66. The van der Waals surface area contributed by atoms with Crippen molar-refractivity contribution in [3.63, 3.8) is 0 Å². The van der Waals surface area contributed by atoms with E-state index in [0.717, 1.165) is 31.5 Å². The lowest BCUT2D eigenvalue weighted by Gasteiger charge is -2.28. The summed E-state index contributed by atoms with van der Waals surface area (Å²) >= 11 is 5.80. The number of hydrogen-bond acceptors (Lipinski definition) is 2. The van der Waals surface area contributed by atoms with Gasteiger partial charge < -0.3 is 4.81 Å². The third-order valence-electron chi connectivity index (χ3n) is 3.22. The van der Waals surface area contributed by atoms with Crippen LogP contribution < -0.4 is 0 Å². The van der Waals surface area contributed by atoms with Crippen LogP contribution in [0, 0.1) is 5.92 Å². The average molecular weight is 236 g/mol. The molecular formula is C12H15BClNO. The van der Waals surface area contributed by atoms with Gasteiger partial charge in [-0.1, -0.05) is 11.6 Å². The number of ketones is 1. The number of halogens is 1. The molecule has 0 radical (unpaired) electrons. The van der Waals surface area contributed by atoms with E-state index in [2.05, 4.69) is 12.8 Å². The maximum atomic E-state index is 12.2. The summed E-state index contributed by atoms with van der Waals surface area (Å²) in [6, 6.07) is 7.21. The van der Waals surface area contributed by atoms with Crippen LogP contribution in [0.15, 0.2) is 24.3 Å². The van der Waals surface area contributed by atoms with Gasteiger partial charge in [0.05, 0.1) is 0 Å². The molecule has 0 N–H and O–H groups in total. The monoisotopic (exact) mass is 235 g/mol. The maximum Gasteiger partial charge on any atom is 0.185 e. The molecule has 16 heavy (non-hydrogen) atoms. The van der Waals surface area contributed by atoms with E-state index in [9.17, 15) is 4.79 Å². The standard InChI is InChI=1S/C12H15BClNO/c13-15-7-5-10(6-8-15)12(16)9-1-3-11(14)4-2-9/h1-4,10H,5-8,13H2. The number of benzene rings is 1. The smallest absolute Gasteiger partial charge is 0.185 e. The Morgan fingerprint density at radius 1 is 1.25 bits per heavy atom. The Bertz CT molecular complexity index is 371. The minimum atomic E-state index is 0.192. The zero-order chi connectivity index (χ0) is 11.5. The Hall–Kier alpha value is -0.795. The lowest BCUT2D eigenvalue weighted by Crippen LogP contribution is -2.34. The van der Waals surface area contributed by atoms with Crippen molar-refractivity contribution < 1.29 is 4.79 Å². The number of carbonyl (C=O) groups is 1. The average Bonchev–Trinajstić information content (AvgIpc) is 2.30. The molecule has 4 heteroatoms. The third kappa shape index (κ3) is 2.66. The first-order valence-electron chi connectivity index (χ1n) is 5.65. The van der Waals surface area contributed by atoms with Crippen LogP contribution in [0.5, 0.6) is 0 Å². The number of hydrogen-bond donors (Lipinski definition) is 0. The van der Waals surface area contributed by atoms with Crippen LogP contribution in [0.3, 0.4) is 0 Å². The van der Waals surface area contributed by atoms with E-state index in [1.807, 2.05) is 12.1 Å². The summed E-state index contributed by atoms with van der Waals surface area (Å²) in [5, 5.41) is 0.680. The van der Waals surface area contributed by atoms with Crippen LogP contribution in [-0.2, 0) is 0 Å². The predicted molar refractivity (Wildman–Crippen MR) is 68.6 cm³/mol. The number of nitrogens with zero attached hydrogens (tertiary/aromatic N) is 1. The van der Waals surface area contributed by atoms with Crippen molar-refractivity contribution in [1.29, 1.82) is 0 Å². The van der Waals surface area contributed by atoms with E-state index < -0.39 is 0 Å². The summed E-state index contributed by atoms with van der Waals surface area (Å²) < 4.78 is 0. The van der Waals surface area contributed by atoms with Gasteiger partial charge in [0.1, 0.15) is 0 Å². The van der Waals surface area contributed by atoms with Gasteiger partial charge in [-0.15, -0.1) is 0 Å². The molecule has 0 saturated carbocycles. The van der Waals surface area contributed by atoms with Crippen LogP contribution >= 0.6 is 11.6 Å². The minimum Gasteiger partial charge on any atom is -0.349 e. The van der Waals surface area contributed by atoms with E-state index in [4.69, 9.17) is 11.6 Å². The Labute approximate surface area is 102 Å². The molecule has 0 spiro atoms. The molecule has 1 saturated heterocycles. The summed E-state index contributed by atoms with van der Waals surface area (Å²) in [5.74, 6) is 0.460. The van der Waals surface area contributed by atoms with Gasteiger partial charge in [-0.3, -0.25) is 4.79 Å². The lowest BCUT2D eigenvalue weighted by atomic mass is 9.88. The Morgan fingerprint density at radius 2 is 1.81 bits per heavy atom. The SMILES string of the molecule is BN1CCC(C(=O)c2ccc(Cl)cc2)CC1. The number of Topliss-reactive ketones (excluding diaryl/α,β-unsaturated/α-hetero) is 1. The molecular weight excluding hydrogens is 220 g/mol. The molecule has 0 bridgehead atoms. The normalized spacial score (nSPS) is 18.6. The largest absolute Gasteiger partial charge is 0.349 e. The number of piperidine rings is 1. The second-order valence-corrected chi connectivity index (χ2v) is 4.89. The van der Waals surface area contributed by atoms with Crippen molar-refractivity contribution >= 4 is 25.4 Å². The van der Waals surface area contributed by atoms with E-state index in [1.165, 1.54) is 0 Å². The summed E-state index contributed by atoms with van der Waals surface area (Å²) in [4.78, 5) is 14.4. The molecule has 1 aliphatic rings. The summed E-state index contributed by atoms with van der Waals surface area (Å²) in [5.41, 5.74) is 0.791. The zero-order valence-electron chi connectivity index (χ0n) is 9.45. The van der Waals surface area contributed by atoms with Gasteiger partial charge in [0.15, 0.2) is 13.8 Å². The van der Waals surface area contributed by atoms with Gasteiger partial charge in [0.2, 0.25) is 0 Å². The van der Waals surface area contributed by atoms with E-state index >= 15 is 0 Å². The number of carbonyl (C=O) groups excluding carboxylic acids is 1. The molecule has 1 aromatic carbocycles. The fourth-order valence-electron chi connectivity index (χ4n) is 2.12. The summed E-state index contributed by atoms with van der Waals surface area (Å²) in [6.07, 6.45) is 1.94. The van der Waals surface area contributed by atoms with Crippen LogP contribution in [0.2, 0.25) is 5.02 Å². The van der Waals surface area contributed by atoms with Gasteiger partial charge in [-0.05, 0) is 50.2 Å². The lowest BCUT2D eigenvalue weighted by molar-refractivity contribution is 0.0876. The van der Waals surface area contributed by atoms with Crippen LogP contribution in [0.4, 0.5) is 0 Å². The molecule has 0 atom stereocenters. The van der Waals surface area contributed by atoms with E-state index in [1.54, 1.807) is 12.1 Å². The van der Waals surface area contributed by atoms with Crippen molar-refractivity contribution in [3.05, 3.63) is 34.9 Å². The molecule has 1 aliphatic heterocycles. The second kappa shape index (κ2) is 5.02. The first-order valence-corrected chi connectivity index (χ1v) is 6.03. The molecule has 1 fully saturated rings. The quantitative estimate of drug-likeness (QED) is 0.575. The topological polar surface area (TPSA) is 20.3 Å². The van der Waals surface area contributed by atoms with Gasteiger partial charge in [-0.2, -0.15) is 0 Å². The second-order valence-electron chi connectivity index (χ2n) is 4.45. The molecule has 1 heterocycles. The van der Waals surface area contributed by atoms with Crippen LogP contribution in [0.1, 0.15) is 23.2 Å². The van der Waals surface area contributed by atoms with Crippen LogP contribution in [0.25, 0.3) is 0 Å². The molecule has 84 valence electrons. The van der Waals surface area contributed by atoms with E-state index in [0.29, 0.717) is 5.02 Å². The predicted octanol–water partition coefficient (Wildman–Crippen LogP) is 1.78. The summed E-state index contributed by atoms with van der Waals surface area (Å²) in [7, 11) is 2.10. The van der Waals surface area contributed by atoms with Crippen molar-refractivity contribution in [2.24, 2.45) is 5.92 Å². The van der Waals surface area contributed by atoms with E-state index in [-0.39, 0.29) is 11.7 Å².